The predicted molar refractivity (Wildman–Crippen MR) is 96.6 cm³/mol. The van der Waals surface area contributed by atoms with Crippen molar-refractivity contribution in [1.29, 1.82) is 0 Å². The number of nitrogens with one attached hydrogen (secondary N) is 1. The molecule has 1 aromatic heterocycles. The topological polar surface area (TPSA) is 34.0 Å². The number of aryl methyl sites for hydroxylation is 1. The van der Waals surface area contributed by atoms with Crippen LogP contribution in [0.2, 0.25) is 0 Å². The van der Waals surface area contributed by atoms with Gasteiger partial charge < -0.3 is 9.88 Å². The molecule has 3 saturated carbocycles. The van der Waals surface area contributed by atoms with Gasteiger partial charge in [-0.05, 0) is 71.9 Å². The van der Waals surface area contributed by atoms with E-state index in [1.54, 1.807) is 0 Å². The van der Waals surface area contributed by atoms with Crippen LogP contribution < -0.4 is 5.32 Å². The summed E-state index contributed by atoms with van der Waals surface area (Å²) in [6.07, 6.45) is 9.89. The van der Waals surface area contributed by atoms with Crippen molar-refractivity contribution in [3.63, 3.8) is 0 Å². The average molecular weight is 375 g/mol. The summed E-state index contributed by atoms with van der Waals surface area (Å²) in [5, 5.41) is 4.26. The van der Waals surface area contributed by atoms with E-state index in [0.717, 1.165) is 33.4 Å². The molecular formula is C19H23BrN2O. The molecule has 0 spiro atoms. The fourth-order valence-corrected chi connectivity index (χ4v) is 5.21. The molecule has 3 fully saturated rings. The first kappa shape index (κ1) is 15.3. The first-order valence-corrected chi connectivity index (χ1v) is 9.39. The van der Waals surface area contributed by atoms with Crippen LogP contribution in [0.25, 0.3) is 10.9 Å². The zero-order valence-corrected chi connectivity index (χ0v) is 15.2. The van der Waals surface area contributed by atoms with E-state index in [1.165, 1.54) is 38.5 Å². The van der Waals surface area contributed by atoms with Gasteiger partial charge in [0.25, 0.3) is 5.91 Å². The van der Waals surface area contributed by atoms with Crippen LogP contribution in [0.4, 0.5) is 0 Å². The minimum Gasteiger partial charge on any atom is -0.351 e. The maximum atomic E-state index is 12.8. The summed E-state index contributed by atoms with van der Waals surface area (Å²) in [5.41, 5.74) is 2.23. The van der Waals surface area contributed by atoms with Gasteiger partial charge in [0.15, 0.2) is 0 Å². The van der Waals surface area contributed by atoms with E-state index in [-0.39, 0.29) is 5.91 Å². The van der Waals surface area contributed by atoms with E-state index in [1.807, 2.05) is 36.0 Å². The number of hydrogen-bond donors (Lipinski definition) is 1. The van der Waals surface area contributed by atoms with Gasteiger partial charge in [-0.2, -0.15) is 0 Å². The standard InChI is InChI=1S/C19H23BrN2O/c1-22-11-15(14-3-2-4-16(20)17(14)22)18(23)21-12-19-8-5-13(6-9-19)7-10-19/h2-4,11,13H,5-10,12H2,1H3,(H,21,23). The number of nitrogens with zero attached hydrogens (tertiary/aromatic N) is 1. The van der Waals surface area contributed by atoms with Crippen LogP contribution in [0.15, 0.2) is 28.9 Å². The lowest BCUT2D eigenvalue weighted by atomic mass is 9.61. The molecule has 0 saturated heterocycles. The molecule has 2 aromatic rings. The zero-order chi connectivity index (χ0) is 16.0. The molecule has 5 rings (SSSR count). The van der Waals surface area contributed by atoms with Crippen LogP contribution in [0, 0.1) is 11.3 Å². The highest BCUT2D eigenvalue weighted by atomic mass is 79.9. The molecule has 0 unspecified atom stereocenters. The van der Waals surface area contributed by atoms with Crippen molar-refractivity contribution in [2.75, 3.05) is 6.54 Å². The molecule has 1 heterocycles. The normalized spacial score (nSPS) is 26.6. The Labute approximate surface area is 145 Å². The second-order valence-electron chi connectivity index (χ2n) is 7.45. The van der Waals surface area contributed by atoms with Crippen molar-refractivity contribution in [1.82, 2.24) is 9.88 Å². The second kappa shape index (κ2) is 5.66. The van der Waals surface area contributed by atoms with Crippen LogP contribution >= 0.6 is 15.9 Å². The lowest BCUT2D eigenvalue weighted by Crippen LogP contribution is -2.43. The number of rotatable bonds is 3. The summed E-state index contributed by atoms with van der Waals surface area (Å²) < 4.78 is 3.05. The van der Waals surface area contributed by atoms with Crippen LogP contribution in [-0.2, 0) is 7.05 Å². The molecule has 3 nitrogen and oxygen atoms in total. The van der Waals surface area contributed by atoms with Gasteiger partial charge in [-0.1, -0.05) is 12.1 Å². The molecule has 1 N–H and O–H groups in total. The highest BCUT2D eigenvalue weighted by Gasteiger charge is 2.40. The van der Waals surface area contributed by atoms with Crippen LogP contribution in [0.1, 0.15) is 48.9 Å². The minimum atomic E-state index is 0.0655. The Morgan fingerprint density at radius 1 is 1.30 bits per heavy atom. The van der Waals surface area contributed by atoms with Gasteiger partial charge in [-0.3, -0.25) is 4.79 Å². The fraction of sp³-hybridized carbons (Fsp3) is 0.526. The maximum absolute atomic E-state index is 12.8. The van der Waals surface area contributed by atoms with E-state index >= 15 is 0 Å². The van der Waals surface area contributed by atoms with E-state index in [9.17, 15) is 4.79 Å². The maximum Gasteiger partial charge on any atom is 0.253 e. The second-order valence-corrected chi connectivity index (χ2v) is 8.31. The molecule has 3 aliphatic rings. The smallest absolute Gasteiger partial charge is 0.253 e. The van der Waals surface area contributed by atoms with E-state index in [4.69, 9.17) is 0 Å². The average Bonchev–Trinajstić information content (AvgIpc) is 2.93. The van der Waals surface area contributed by atoms with Gasteiger partial charge in [0.2, 0.25) is 0 Å². The summed E-state index contributed by atoms with van der Waals surface area (Å²) in [7, 11) is 1.99. The van der Waals surface area contributed by atoms with Gasteiger partial charge in [-0.25, -0.2) is 0 Å². The monoisotopic (exact) mass is 374 g/mol. The fourth-order valence-electron chi connectivity index (χ4n) is 4.57. The molecular weight excluding hydrogens is 352 g/mol. The number of carbonyl (C=O) groups is 1. The first-order chi connectivity index (χ1) is 11.1. The Hall–Kier alpha value is -1.29. The van der Waals surface area contributed by atoms with Crippen molar-refractivity contribution >= 4 is 32.7 Å². The number of para-hydroxylation sites is 1. The van der Waals surface area contributed by atoms with Crippen molar-refractivity contribution < 1.29 is 4.79 Å². The van der Waals surface area contributed by atoms with Crippen molar-refractivity contribution in [3.05, 3.63) is 34.4 Å². The van der Waals surface area contributed by atoms with Crippen LogP contribution in [0.3, 0.4) is 0 Å². The summed E-state index contributed by atoms with van der Waals surface area (Å²) in [4.78, 5) is 12.8. The molecule has 3 aliphatic carbocycles. The number of hydrogen-bond acceptors (Lipinski definition) is 1. The Morgan fingerprint density at radius 2 is 2.00 bits per heavy atom. The van der Waals surface area contributed by atoms with Gasteiger partial charge in [0, 0.05) is 29.6 Å². The molecule has 23 heavy (non-hydrogen) atoms. The van der Waals surface area contributed by atoms with E-state index in [0.29, 0.717) is 5.41 Å². The van der Waals surface area contributed by atoms with Gasteiger partial charge >= 0.3 is 0 Å². The number of aromatic nitrogens is 1. The Balaban J connectivity index is 1.55. The lowest BCUT2D eigenvalue weighted by molar-refractivity contribution is 0.0598. The Kier molecular flexibility index (Phi) is 3.75. The van der Waals surface area contributed by atoms with Crippen LogP contribution in [0.5, 0.6) is 0 Å². The van der Waals surface area contributed by atoms with Crippen molar-refractivity contribution in [3.8, 4) is 0 Å². The molecule has 0 atom stereocenters. The molecule has 4 heteroatoms. The minimum absolute atomic E-state index is 0.0655. The summed E-state index contributed by atoms with van der Waals surface area (Å²) >= 11 is 3.58. The third-order valence-corrected chi connectivity index (χ3v) is 6.71. The van der Waals surface area contributed by atoms with Crippen molar-refractivity contribution in [2.45, 2.75) is 38.5 Å². The predicted octanol–water partition coefficient (Wildman–Crippen LogP) is 4.64. The molecule has 2 bridgehead atoms. The molecule has 0 aliphatic heterocycles. The Morgan fingerprint density at radius 3 is 2.70 bits per heavy atom. The molecule has 1 aromatic carbocycles. The van der Waals surface area contributed by atoms with Crippen molar-refractivity contribution in [2.24, 2.45) is 18.4 Å². The molecule has 122 valence electrons. The van der Waals surface area contributed by atoms with E-state index in [2.05, 4.69) is 21.2 Å². The number of amides is 1. The number of benzene rings is 1. The number of carbonyl (C=O) groups excluding carboxylic acids is 1. The number of fused-ring (bicyclic) bond motifs is 4. The highest BCUT2D eigenvalue weighted by molar-refractivity contribution is 9.10. The lowest BCUT2D eigenvalue weighted by Gasteiger charge is -2.46. The number of halogens is 1. The molecule has 0 radical (unpaired) electrons. The summed E-state index contributed by atoms with van der Waals surface area (Å²) in [6, 6.07) is 6.03. The summed E-state index contributed by atoms with van der Waals surface area (Å²) in [5.74, 6) is 1.03. The zero-order valence-electron chi connectivity index (χ0n) is 13.6. The highest BCUT2D eigenvalue weighted by Crippen LogP contribution is 2.49. The van der Waals surface area contributed by atoms with Gasteiger partial charge in [0.1, 0.15) is 0 Å². The quantitative estimate of drug-likeness (QED) is 0.833. The van der Waals surface area contributed by atoms with Gasteiger partial charge in [-0.15, -0.1) is 0 Å². The third kappa shape index (κ3) is 2.61. The third-order valence-electron chi connectivity index (χ3n) is 6.07. The SMILES string of the molecule is Cn1cc(C(=O)NCC23CCC(CC2)CC3)c2cccc(Br)c21. The largest absolute Gasteiger partial charge is 0.351 e. The van der Waals surface area contributed by atoms with Gasteiger partial charge in [0.05, 0.1) is 11.1 Å². The summed E-state index contributed by atoms with van der Waals surface area (Å²) in [6.45, 7) is 0.836. The Bertz CT molecular complexity index is 742. The van der Waals surface area contributed by atoms with Crippen LogP contribution in [-0.4, -0.2) is 17.0 Å². The van der Waals surface area contributed by atoms with E-state index < -0.39 is 0 Å². The molecule has 1 amide bonds. The first-order valence-electron chi connectivity index (χ1n) is 8.60.